The number of anilines is 3. The number of nitrogens with zero attached hydrogens (tertiary/aromatic N) is 3. The number of fused-ring (bicyclic) bond motifs is 1. The molecule has 0 aliphatic heterocycles. The Kier molecular flexibility index (Phi) is 3.47. The zero-order valence-electron chi connectivity index (χ0n) is 11.4. The van der Waals surface area contributed by atoms with Gasteiger partial charge >= 0.3 is 5.82 Å². The Balaban J connectivity index is 1.89. The number of aromatic nitrogens is 2. The van der Waals surface area contributed by atoms with E-state index in [1.54, 1.807) is 35.8 Å². The van der Waals surface area contributed by atoms with Gasteiger partial charge in [0.1, 0.15) is 6.20 Å². The second-order valence-corrected chi connectivity index (χ2v) is 5.35. The highest BCUT2D eigenvalue weighted by Crippen LogP contribution is 2.30. The lowest BCUT2D eigenvalue weighted by molar-refractivity contribution is -0.389. The average Bonchev–Trinajstić information content (AvgIpc) is 3.00. The van der Waals surface area contributed by atoms with Gasteiger partial charge in [-0.3, -0.25) is 4.79 Å². The van der Waals surface area contributed by atoms with Crippen LogP contribution in [0.25, 0.3) is 4.96 Å². The Hall–Kier alpha value is -2.94. The number of carbonyl (C=O) groups excluding carboxylic acids is 1. The first-order chi connectivity index (χ1) is 10.5. The summed E-state index contributed by atoms with van der Waals surface area (Å²) in [6.07, 6.45) is 1.61. The van der Waals surface area contributed by atoms with Crippen LogP contribution in [0.2, 0.25) is 0 Å². The highest BCUT2D eigenvalue weighted by Gasteiger charge is 2.23. The maximum atomic E-state index is 11.2. The molecule has 0 bridgehead atoms. The monoisotopic (exact) mass is 317 g/mol. The van der Waals surface area contributed by atoms with Crippen molar-refractivity contribution >= 4 is 45.2 Å². The van der Waals surface area contributed by atoms with E-state index < -0.39 is 4.92 Å². The van der Waals surface area contributed by atoms with Gasteiger partial charge in [0.2, 0.25) is 11.7 Å². The smallest absolute Gasteiger partial charge is 0.358 e. The SMILES string of the molecule is CC(=O)Nc1ccc(Nc2nc3sccn3c2[N+](=O)[O-])cc1. The summed E-state index contributed by atoms with van der Waals surface area (Å²) < 4.78 is 1.43. The Morgan fingerprint density at radius 3 is 2.64 bits per heavy atom. The van der Waals surface area contributed by atoms with E-state index in [4.69, 9.17) is 0 Å². The Bertz CT molecular complexity index is 852. The number of thiazole rings is 1. The van der Waals surface area contributed by atoms with Crippen molar-refractivity contribution < 1.29 is 9.72 Å². The summed E-state index contributed by atoms with van der Waals surface area (Å²) in [5.41, 5.74) is 1.29. The summed E-state index contributed by atoms with van der Waals surface area (Å²) in [6.45, 7) is 1.42. The van der Waals surface area contributed by atoms with Crippen molar-refractivity contribution in [3.8, 4) is 0 Å². The molecule has 1 amide bonds. The fourth-order valence-electron chi connectivity index (χ4n) is 2.01. The van der Waals surface area contributed by atoms with Gasteiger partial charge in [0, 0.05) is 23.7 Å². The van der Waals surface area contributed by atoms with E-state index in [2.05, 4.69) is 15.6 Å². The van der Waals surface area contributed by atoms with Crippen LogP contribution in [0, 0.1) is 10.1 Å². The summed E-state index contributed by atoms with van der Waals surface area (Å²) >= 11 is 1.32. The maximum Gasteiger partial charge on any atom is 0.373 e. The van der Waals surface area contributed by atoms with Crippen LogP contribution in [-0.2, 0) is 4.79 Å². The quantitative estimate of drug-likeness (QED) is 0.569. The summed E-state index contributed by atoms with van der Waals surface area (Å²) in [7, 11) is 0. The number of nitrogens with one attached hydrogen (secondary N) is 2. The first-order valence-electron chi connectivity index (χ1n) is 6.29. The molecule has 8 nitrogen and oxygen atoms in total. The normalized spacial score (nSPS) is 10.6. The molecular formula is C13H11N5O3S. The average molecular weight is 317 g/mol. The van der Waals surface area contributed by atoms with Gasteiger partial charge in [-0.15, -0.1) is 0 Å². The van der Waals surface area contributed by atoms with Crippen LogP contribution < -0.4 is 10.6 Å². The van der Waals surface area contributed by atoms with E-state index in [0.29, 0.717) is 16.3 Å². The number of amides is 1. The van der Waals surface area contributed by atoms with E-state index >= 15 is 0 Å². The summed E-state index contributed by atoms with van der Waals surface area (Å²) in [4.78, 5) is 26.5. The van der Waals surface area contributed by atoms with E-state index in [0.717, 1.165) is 0 Å². The van der Waals surface area contributed by atoms with E-state index in [1.165, 1.54) is 22.7 Å². The van der Waals surface area contributed by atoms with Gasteiger partial charge in [-0.25, -0.2) is 0 Å². The predicted octanol–water partition coefficient (Wildman–Crippen LogP) is 3.01. The molecular weight excluding hydrogens is 306 g/mol. The van der Waals surface area contributed by atoms with E-state index in [1.807, 2.05) is 0 Å². The molecule has 0 radical (unpaired) electrons. The van der Waals surface area contributed by atoms with Crippen LogP contribution in [0.1, 0.15) is 6.92 Å². The molecule has 112 valence electrons. The molecule has 2 heterocycles. The predicted molar refractivity (Wildman–Crippen MR) is 83.8 cm³/mol. The lowest BCUT2D eigenvalue weighted by Gasteiger charge is -2.05. The molecule has 0 saturated heterocycles. The largest absolute Gasteiger partial charge is 0.373 e. The van der Waals surface area contributed by atoms with Crippen molar-refractivity contribution in [2.24, 2.45) is 0 Å². The van der Waals surface area contributed by atoms with Gasteiger partial charge in [0.15, 0.2) is 0 Å². The third kappa shape index (κ3) is 2.61. The van der Waals surface area contributed by atoms with Gasteiger partial charge in [0.25, 0.3) is 4.96 Å². The minimum absolute atomic E-state index is 0.109. The fourth-order valence-corrected chi connectivity index (χ4v) is 2.72. The first kappa shape index (κ1) is 14.0. The molecule has 0 spiro atoms. The Labute approximate surface area is 128 Å². The number of nitro groups is 1. The maximum absolute atomic E-state index is 11.2. The van der Waals surface area contributed by atoms with Crippen LogP contribution in [0.5, 0.6) is 0 Å². The van der Waals surface area contributed by atoms with Gasteiger partial charge in [-0.2, -0.15) is 9.38 Å². The van der Waals surface area contributed by atoms with E-state index in [-0.39, 0.29) is 17.5 Å². The topological polar surface area (TPSA) is 102 Å². The molecule has 3 aromatic rings. The molecule has 0 aliphatic carbocycles. The van der Waals surface area contributed by atoms with E-state index in [9.17, 15) is 14.9 Å². The summed E-state index contributed by atoms with van der Waals surface area (Å²) in [6, 6.07) is 6.83. The third-order valence-corrected chi connectivity index (χ3v) is 3.63. The molecule has 0 unspecified atom stereocenters. The number of rotatable bonds is 4. The van der Waals surface area contributed by atoms with Gasteiger partial charge in [0.05, 0.1) is 0 Å². The molecule has 2 aromatic heterocycles. The van der Waals surface area contributed by atoms with Crippen LogP contribution >= 0.6 is 11.3 Å². The summed E-state index contributed by atoms with van der Waals surface area (Å²) in [5.74, 6) is -0.0861. The van der Waals surface area contributed by atoms with Crippen molar-refractivity contribution in [2.75, 3.05) is 10.6 Å². The molecule has 0 fully saturated rings. The van der Waals surface area contributed by atoms with Crippen LogP contribution in [-0.4, -0.2) is 20.2 Å². The first-order valence-corrected chi connectivity index (χ1v) is 7.17. The van der Waals surface area contributed by atoms with Gasteiger partial charge in [-0.05, 0) is 29.2 Å². The second-order valence-electron chi connectivity index (χ2n) is 4.48. The van der Waals surface area contributed by atoms with Crippen molar-refractivity contribution in [1.29, 1.82) is 0 Å². The molecule has 9 heteroatoms. The zero-order valence-corrected chi connectivity index (χ0v) is 12.3. The lowest BCUT2D eigenvalue weighted by Crippen LogP contribution is -2.05. The molecule has 0 aliphatic rings. The molecule has 1 aromatic carbocycles. The minimum Gasteiger partial charge on any atom is -0.358 e. The van der Waals surface area contributed by atoms with Crippen LogP contribution in [0.15, 0.2) is 35.8 Å². The molecule has 22 heavy (non-hydrogen) atoms. The highest BCUT2D eigenvalue weighted by molar-refractivity contribution is 7.15. The molecule has 2 N–H and O–H groups in total. The van der Waals surface area contributed by atoms with Crippen molar-refractivity contribution in [3.05, 3.63) is 46.0 Å². The second kappa shape index (κ2) is 5.45. The van der Waals surface area contributed by atoms with Gasteiger partial charge < -0.3 is 20.7 Å². The van der Waals surface area contributed by atoms with Crippen LogP contribution in [0.4, 0.5) is 23.0 Å². The number of hydrogen-bond donors (Lipinski definition) is 2. The number of benzene rings is 1. The molecule has 3 rings (SSSR count). The third-order valence-electron chi connectivity index (χ3n) is 2.88. The Morgan fingerprint density at radius 1 is 1.32 bits per heavy atom. The fraction of sp³-hybridized carbons (Fsp3) is 0.0769. The minimum atomic E-state index is -0.471. The summed E-state index contributed by atoms with van der Waals surface area (Å²) in [5, 5.41) is 18.5. The van der Waals surface area contributed by atoms with Crippen molar-refractivity contribution in [1.82, 2.24) is 9.38 Å². The Morgan fingerprint density at radius 2 is 2.00 bits per heavy atom. The van der Waals surface area contributed by atoms with Crippen molar-refractivity contribution in [2.45, 2.75) is 6.92 Å². The number of imidazole rings is 1. The highest BCUT2D eigenvalue weighted by atomic mass is 32.1. The zero-order chi connectivity index (χ0) is 15.7. The number of hydrogen-bond acceptors (Lipinski definition) is 6. The molecule has 0 saturated carbocycles. The molecule has 0 atom stereocenters. The van der Waals surface area contributed by atoms with Crippen LogP contribution in [0.3, 0.4) is 0 Å². The van der Waals surface area contributed by atoms with Gasteiger partial charge in [-0.1, -0.05) is 11.3 Å². The lowest BCUT2D eigenvalue weighted by atomic mass is 10.2. The van der Waals surface area contributed by atoms with Crippen molar-refractivity contribution in [3.63, 3.8) is 0 Å². The number of carbonyl (C=O) groups is 1. The standard InChI is InChI=1S/C13H11N5O3S/c1-8(19)14-9-2-4-10(5-3-9)15-11-12(18(20)21)17-6-7-22-13(17)16-11/h2-7,15H,1H3,(H,14,19).